The van der Waals surface area contributed by atoms with E-state index >= 15 is 0 Å². The van der Waals surface area contributed by atoms with Crippen LogP contribution in [0.4, 0.5) is 4.39 Å². The van der Waals surface area contributed by atoms with Crippen molar-refractivity contribution in [2.45, 2.75) is 6.54 Å². The van der Waals surface area contributed by atoms with Crippen molar-refractivity contribution in [3.05, 3.63) is 52.8 Å². The second kappa shape index (κ2) is 4.97. The Labute approximate surface area is 102 Å². The van der Waals surface area contributed by atoms with Crippen molar-refractivity contribution in [2.75, 3.05) is 0 Å². The Morgan fingerprint density at radius 1 is 1.53 bits per heavy atom. The maximum Gasteiger partial charge on any atom is 0.254 e. The summed E-state index contributed by atoms with van der Waals surface area (Å²) in [5.74, 6) is -1.11. The number of aromatic nitrogens is 2. The zero-order chi connectivity index (χ0) is 12.3. The number of aromatic amines is 1. The van der Waals surface area contributed by atoms with E-state index in [0.29, 0.717) is 5.02 Å². The highest BCUT2D eigenvalue weighted by molar-refractivity contribution is 6.30. The van der Waals surface area contributed by atoms with Gasteiger partial charge in [-0.2, -0.15) is 0 Å². The molecule has 6 heteroatoms. The quantitative estimate of drug-likeness (QED) is 0.880. The van der Waals surface area contributed by atoms with E-state index in [2.05, 4.69) is 15.3 Å². The van der Waals surface area contributed by atoms with Crippen molar-refractivity contribution in [3.8, 4) is 0 Å². The predicted molar refractivity (Wildman–Crippen MR) is 61.2 cm³/mol. The van der Waals surface area contributed by atoms with Gasteiger partial charge in [-0.15, -0.1) is 0 Å². The first kappa shape index (κ1) is 11.6. The summed E-state index contributed by atoms with van der Waals surface area (Å²) in [6.45, 7) is 0.255. The van der Waals surface area contributed by atoms with Crippen molar-refractivity contribution >= 4 is 17.5 Å². The van der Waals surface area contributed by atoms with Gasteiger partial charge in [0, 0.05) is 11.2 Å². The molecule has 2 N–H and O–H groups in total. The van der Waals surface area contributed by atoms with Crippen LogP contribution >= 0.6 is 11.6 Å². The van der Waals surface area contributed by atoms with Crippen LogP contribution in [0.15, 0.2) is 30.7 Å². The Morgan fingerprint density at radius 2 is 2.35 bits per heavy atom. The molecular weight excluding hydrogens is 245 g/mol. The SMILES string of the molecule is O=C(NCc1cnc[nH]1)c1cc(Cl)ccc1F. The minimum absolute atomic E-state index is 0.0722. The van der Waals surface area contributed by atoms with Crippen molar-refractivity contribution < 1.29 is 9.18 Å². The molecule has 0 bridgehead atoms. The molecule has 0 fully saturated rings. The molecule has 1 aromatic carbocycles. The van der Waals surface area contributed by atoms with Gasteiger partial charge in [0.25, 0.3) is 5.91 Å². The molecule has 0 spiro atoms. The number of benzene rings is 1. The predicted octanol–water partition coefficient (Wildman–Crippen LogP) is 2.13. The van der Waals surface area contributed by atoms with E-state index in [1.807, 2.05) is 0 Å². The second-order valence-electron chi connectivity index (χ2n) is 3.38. The second-order valence-corrected chi connectivity index (χ2v) is 3.82. The normalized spacial score (nSPS) is 10.2. The number of halogens is 2. The zero-order valence-electron chi connectivity index (χ0n) is 8.71. The molecule has 0 unspecified atom stereocenters. The molecule has 0 radical (unpaired) electrons. The first-order valence-electron chi connectivity index (χ1n) is 4.87. The van der Waals surface area contributed by atoms with E-state index in [1.165, 1.54) is 18.5 Å². The van der Waals surface area contributed by atoms with Gasteiger partial charge in [0.05, 0.1) is 24.1 Å². The standard InChI is InChI=1S/C11H9ClFN3O/c12-7-1-2-10(13)9(3-7)11(17)15-5-8-4-14-6-16-8/h1-4,6H,5H2,(H,14,16)(H,15,17). The van der Waals surface area contributed by atoms with E-state index in [9.17, 15) is 9.18 Å². The van der Waals surface area contributed by atoms with Gasteiger partial charge in [-0.1, -0.05) is 11.6 Å². The topological polar surface area (TPSA) is 57.8 Å². The largest absolute Gasteiger partial charge is 0.347 e. The minimum Gasteiger partial charge on any atom is -0.347 e. The average molecular weight is 254 g/mol. The molecule has 0 aliphatic carbocycles. The summed E-state index contributed by atoms with van der Waals surface area (Å²) in [6, 6.07) is 3.84. The van der Waals surface area contributed by atoms with Crippen LogP contribution in [0.5, 0.6) is 0 Å². The van der Waals surface area contributed by atoms with Gasteiger partial charge in [0.15, 0.2) is 0 Å². The zero-order valence-corrected chi connectivity index (χ0v) is 9.46. The fourth-order valence-corrected chi connectivity index (χ4v) is 1.50. The summed E-state index contributed by atoms with van der Waals surface area (Å²) in [6.07, 6.45) is 3.08. The van der Waals surface area contributed by atoms with E-state index in [-0.39, 0.29) is 12.1 Å². The molecule has 1 aromatic heterocycles. The Bertz CT molecular complexity index is 528. The van der Waals surface area contributed by atoms with Crippen molar-refractivity contribution in [3.63, 3.8) is 0 Å². The number of nitrogens with zero attached hydrogens (tertiary/aromatic N) is 1. The maximum absolute atomic E-state index is 13.3. The van der Waals surface area contributed by atoms with Crippen LogP contribution in [-0.4, -0.2) is 15.9 Å². The Hall–Kier alpha value is -1.88. The summed E-state index contributed by atoms with van der Waals surface area (Å²) in [5.41, 5.74) is 0.665. The molecule has 2 aromatic rings. The number of carbonyl (C=O) groups excluding carboxylic acids is 1. The molecule has 0 aliphatic heterocycles. The number of nitrogens with one attached hydrogen (secondary N) is 2. The number of imidazole rings is 1. The van der Waals surface area contributed by atoms with Gasteiger partial charge in [-0.25, -0.2) is 9.37 Å². The number of rotatable bonds is 3. The summed E-state index contributed by atoms with van der Waals surface area (Å²) in [5, 5.41) is 2.88. The van der Waals surface area contributed by atoms with Gasteiger partial charge in [-0.05, 0) is 18.2 Å². The van der Waals surface area contributed by atoms with Gasteiger partial charge in [0.2, 0.25) is 0 Å². The summed E-state index contributed by atoms with van der Waals surface area (Å²) in [4.78, 5) is 18.3. The van der Waals surface area contributed by atoms with Gasteiger partial charge in [-0.3, -0.25) is 4.79 Å². The molecule has 1 amide bonds. The van der Waals surface area contributed by atoms with E-state index < -0.39 is 11.7 Å². The molecule has 0 aliphatic rings. The lowest BCUT2D eigenvalue weighted by molar-refractivity contribution is 0.0946. The van der Waals surface area contributed by atoms with Crippen LogP contribution in [-0.2, 0) is 6.54 Å². The number of carbonyl (C=O) groups is 1. The van der Waals surface area contributed by atoms with Gasteiger partial charge < -0.3 is 10.3 Å². The number of amides is 1. The minimum atomic E-state index is -0.600. The number of hydrogen-bond donors (Lipinski definition) is 2. The maximum atomic E-state index is 13.3. The van der Waals surface area contributed by atoms with Crippen molar-refractivity contribution in [1.82, 2.24) is 15.3 Å². The first-order valence-corrected chi connectivity index (χ1v) is 5.25. The molecule has 0 saturated heterocycles. The molecule has 1 heterocycles. The summed E-state index contributed by atoms with van der Waals surface area (Å²) in [7, 11) is 0. The average Bonchev–Trinajstić information content (AvgIpc) is 2.82. The van der Waals surface area contributed by atoms with Crippen molar-refractivity contribution in [2.24, 2.45) is 0 Å². The third-order valence-corrected chi connectivity index (χ3v) is 2.40. The highest BCUT2D eigenvalue weighted by Crippen LogP contribution is 2.14. The molecule has 2 rings (SSSR count). The third-order valence-electron chi connectivity index (χ3n) is 2.17. The molecule has 0 atom stereocenters. The molecule has 17 heavy (non-hydrogen) atoms. The van der Waals surface area contributed by atoms with Crippen molar-refractivity contribution in [1.29, 1.82) is 0 Å². The van der Waals surface area contributed by atoms with Gasteiger partial charge >= 0.3 is 0 Å². The fraction of sp³-hybridized carbons (Fsp3) is 0.0909. The number of H-pyrrole nitrogens is 1. The van der Waals surface area contributed by atoms with Crippen LogP contribution in [0.2, 0.25) is 5.02 Å². The monoisotopic (exact) mass is 253 g/mol. The van der Waals surface area contributed by atoms with E-state index in [1.54, 1.807) is 6.20 Å². The Morgan fingerprint density at radius 3 is 3.06 bits per heavy atom. The fourth-order valence-electron chi connectivity index (χ4n) is 1.32. The third kappa shape index (κ3) is 2.82. The van der Waals surface area contributed by atoms with Crippen LogP contribution in [0.25, 0.3) is 0 Å². The molecule has 4 nitrogen and oxygen atoms in total. The molecule has 0 saturated carbocycles. The lowest BCUT2D eigenvalue weighted by Crippen LogP contribution is -2.24. The number of hydrogen-bond acceptors (Lipinski definition) is 2. The van der Waals surface area contributed by atoms with Crippen LogP contribution < -0.4 is 5.32 Å². The Kier molecular flexibility index (Phi) is 3.39. The van der Waals surface area contributed by atoms with Crippen LogP contribution in [0, 0.1) is 5.82 Å². The smallest absolute Gasteiger partial charge is 0.254 e. The van der Waals surface area contributed by atoms with Gasteiger partial charge in [0.1, 0.15) is 5.82 Å². The van der Waals surface area contributed by atoms with E-state index in [0.717, 1.165) is 11.8 Å². The molecular formula is C11H9ClFN3O. The lowest BCUT2D eigenvalue weighted by atomic mass is 10.2. The summed E-state index contributed by atoms with van der Waals surface area (Å²) >= 11 is 5.70. The highest BCUT2D eigenvalue weighted by Gasteiger charge is 2.11. The van der Waals surface area contributed by atoms with Crippen LogP contribution in [0.3, 0.4) is 0 Å². The lowest BCUT2D eigenvalue weighted by Gasteiger charge is -2.05. The summed E-state index contributed by atoms with van der Waals surface area (Å²) < 4.78 is 13.3. The molecule has 88 valence electrons. The first-order chi connectivity index (χ1) is 8.16. The highest BCUT2D eigenvalue weighted by atomic mass is 35.5. The van der Waals surface area contributed by atoms with E-state index in [4.69, 9.17) is 11.6 Å². The Balaban J connectivity index is 2.07. The van der Waals surface area contributed by atoms with Crippen LogP contribution in [0.1, 0.15) is 16.1 Å².